The number of carbonyl (C=O) groups is 1. The van der Waals surface area contributed by atoms with Crippen LogP contribution < -0.4 is 10.6 Å². The first-order valence-electron chi connectivity index (χ1n) is 7.43. The van der Waals surface area contributed by atoms with Crippen LogP contribution in [0.1, 0.15) is 5.56 Å². The van der Waals surface area contributed by atoms with E-state index in [0.29, 0.717) is 24.2 Å². The van der Waals surface area contributed by atoms with E-state index in [2.05, 4.69) is 20.4 Å². The van der Waals surface area contributed by atoms with Crippen LogP contribution in [0.15, 0.2) is 24.3 Å². The Morgan fingerprint density at radius 3 is 2.48 bits per heavy atom. The molecule has 3 fully saturated rings. The number of benzene rings is 1. The van der Waals surface area contributed by atoms with Crippen molar-refractivity contribution in [3.05, 3.63) is 34.9 Å². The van der Waals surface area contributed by atoms with Crippen molar-refractivity contribution in [1.29, 1.82) is 0 Å². The molecule has 5 nitrogen and oxygen atoms in total. The largest absolute Gasteiger partial charge is 0.337 e. The van der Waals surface area contributed by atoms with Gasteiger partial charge in [0.1, 0.15) is 0 Å². The van der Waals surface area contributed by atoms with Gasteiger partial charge in [-0.1, -0.05) is 23.7 Å². The van der Waals surface area contributed by atoms with Gasteiger partial charge in [0.05, 0.1) is 0 Å². The van der Waals surface area contributed by atoms with E-state index in [4.69, 9.17) is 11.6 Å². The molecule has 0 spiro atoms. The van der Waals surface area contributed by atoms with Crippen molar-refractivity contribution >= 4 is 17.6 Å². The third-order valence-corrected chi connectivity index (χ3v) is 4.51. The summed E-state index contributed by atoms with van der Waals surface area (Å²) in [6, 6.07) is 7.84. The van der Waals surface area contributed by atoms with Gasteiger partial charge in [0, 0.05) is 56.9 Å². The predicted octanol–water partition coefficient (Wildman–Crippen LogP) is 1.14. The van der Waals surface area contributed by atoms with Crippen LogP contribution in [0, 0.1) is 0 Å². The van der Waals surface area contributed by atoms with Crippen LogP contribution >= 0.6 is 11.6 Å². The van der Waals surface area contributed by atoms with Crippen molar-refractivity contribution in [2.75, 3.05) is 39.3 Å². The number of nitrogens with zero attached hydrogens (tertiary/aromatic N) is 2. The number of hydrogen-bond acceptors (Lipinski definition) is 3. The van der Waals surface area contributed by atoms with Crippen LogP contribution in [0.5, 0.6) is 0 Å². The SMILES string of the molecule is O=C(NCc1ccc(Cl)cc1)NCC1CN2CCN1CC2. The number of nitrogens with one attached hydrogen (secondary N) is 2. The van der Waals surface area contributed by atoms with Crippen molar-refractivity contribution in [3.63, 3.8) is 0 Å². The summed E-state index contributed by atoms with van der Waals surface area (Å²) < 4.78 is 0. The number of amides is 2. The molecule has 0 radical (unpaired) electrons. The number of carbonyl (C=O) groups excluding carboxylic acids is 1. The molecule has 1 aromatic carbocycles. The number of halogens is 1. The van der Waals surface area contributed by atoms with E-state index in [0.717, 1.165) is 25.2 Å². The van der Waals surface area contributed by atoms with Crippen LogP contribution in [-0.4, -0.2) is 61.1 Å². The molecular formula is C15H21ClN4O. The Bertz CT molecular complexity index is 485. The second kappa shape index (κ2) is 6.64. The summed E-state index contributed by atoms with van der Waals surface area (Å²) in [5.41, 5.74) is 1.04. The summed E-state index contributed by atoms with van der Waals surface area (Å²) in [6.07, 6.45) is 0. The lowest BCUT2D eigenvalue weighted by atomic mass is 10.1. The van der Waals surface area contributed by atoms with E-state index in [1.54, 1.807) is 0 Å². The van der Waals surface area contributed by atoms with Gasteiger partial charge in [-0.15, -0.1) is 0 Å². The molecule has 0 saturated carbocycles. The highest BCUT2D eigenvalue weighted by atomic mass is 35.5. The average Bonchev–Trinajstić information content (AvgIpc) is 2.53. The summed E-state index contributed by atoms with van der Waals surface area (Å²) in [6.45, 7) is 6.87. The van der Waals surface area contributed by atoms with Gasteiger partial charge in [-0.25, -0.2) is 4.79 Å². The van der Waals surface area contributed by atoms with E-state index in [-0.39, 0.29) is 6.03 Å². The number of hydrogen-bond donors (Lipinski definition) is 2. The molecule has 6 heteroatoms. The van der Waals surface area contributed by atoms with Crippen molar-refractivity contribution in [1.82, 2.24) is 20.4 Å². The van der Waals surface area contributed by atoms with Gasteiger partial charge in [-0.05, 0) is 17.7 Å². The van der Waals surface area contributed by atoms with Crippen molar-refractivity contribution in [2.24, 2.45) is 0 Å². The number of fused-ring (bicyclic) bond motifs is 3. The highest BCUT2D eigenvalue weighted by Crippen LogP contribution is 2.14. The second-order valence-electron chi connectivity index (χ2n) is 5.68. The molecule has 1 atom stereocenters. The molecule has 0 aromatic heterocycles. The summed E-state index contributed by atoms with van der Waals surface area (Å²) in [4.78, 5) is 16.8. The molecule has 3 saturated heterocycles. The zero-order valence-corrected chi connectivity index (χ0v) is 12.8. The third-order valence-electron chi connectivity index (χ3n) is 4.26. The van der Waals surface area contributed by atoms with Crippen LogP contribution in [0.25, 0.3) is 0 Å². The van der Waals surface area contributed by atoms with Crippen LogP contribution in [0.4, 0.5) is 4.79 Å². The molecule has 3 aliphatic heterocycles. The van der Waals surface area contributed by atoms with Crippen LogP contribution in [0.2, 0.25) is 5.02 Å². The standard InChI is InChI=1S/C15H21ClN4O/c16-13-3-1-12(2-4-13)9-17-15(21)18-10-14-11-19-5-7-20(14)8-6-19/h1-4,14H,5-11H2,(H2,17,18,21). The van der Waals surface area contributed by atoms with Crippen molar-refractivity contribution < 1.29 is 4.79 Å². The summed E-state index contributed by atoms with van der Waals surface area (Å²) >= 11 is 5.83. The Kier molecular flexibility index (Phi) is 4.63. The van der Waals surface area contributed by atoms with E-state index in [1.165, 1.54) is 13.1 Å². The maximum absolute atomic E-state index is 11.9. The number of rotatable bonds is 4. The Balaban J connectivity index is 1.39. The molecule has 3 aliphatic rings. The van der Waals surface area contributed by atoms with Crippen LogP contribution in [-0.2, 0) is 6.54 Å². The third kappa shape index (κ3) is 3.87. The molecule has 2 bridgehead atoms. The minimum absolute atomic E-state index is 0.109. The Hall–Kier alpha value is -1.30. The molecule has 114 valence electrons. The fourth-order valence-electron chi connectivity index (χ4n) is 2.98. The molecule has 2 amide bonds. The predicted molar refractivity (Wildman–Crippen MR) is 83.5 cm³/mol. The monoisotopic (exact) mass is 308 g/mol. The lowest BCUT2D eigenvalue weighted by Gasteiger charge is -2.47. The first kappa shape index (κ1) is 14.6. The normalized spacial score (nSPS) is 27.4. The smallest absolute Gasteiger partial charge is 0.315 e. The molecule has 21 heavy (non-hydrogen) atoms. The quantitative estimate of drug-likeness (QED) is 0.877. The van der Waals surface area contributed by atoms with Gasteiger partial charge in [0.15, 0.2) is 0 Å². The first-order valence-corrected chi connectivity index (χ1v) is 7.81. The van der Waals surface area contributed by atoms with Crippen molar-refractivity contribution in [2.45, 2.75) is 12.6 Å². The first-order chi connectivity index (χ1) is 10.2. The molecule has 1 aromatic rings. The minimum Gasteiger partial charge on any atom is -0.337 e. The van der Waals surface area contributed by atoms with Gasteiger partial charge >= 0.3 is 6.03 Å². The molecule has 3 heterocycles. The highest BCUT2D eigenvalue weighted by molar-refractivity contribution is 6.30. The summed E-state index contributed by atoms with van der Waals surface area (Å²) in [5, 5.41) is 6.56. The molecule has 1 unspecified atom stereocenters. The maximum Gasteiger partial charge on any atom is 0.315 e. The van der Waals surface area contributed by atoms with Gasteiger partial charge in [0.2, 0.25) is 0 Å². The fraction of sp³-hybridized carbons (Fsp3) is 0.533. The van der Waals surface area contributed by atoms with Gasteiger partial charge in [-0.3, -0.25) is 9.80 Å². The van der Waals surface area contributed by atoms with E-state index in [9.17, 15) is 4.79 Å². The van der Waals surface area contributed by atoms with Gasteiger partial charge in [0.25, 0.3) is 0 Å². The average molecular weight is 309 g/mol. The van der Waals surface area contributed by atoms with Crippen LogP contribution in [0.3, 0.4) is 0 Å². The van der Waals surface area contributed by atoms with E-state index >= 15 is 0 Å². The van der Waals surface area contributed by atoms with E-state index < -0.39 is 0 Å². The Morgan fingerprint density at radius 2 is 1.86 bits per heavy atom. The number of piperazine rings is 3. The number of urea groups is 1. The summed E-state index contributed by atoms with van der Waals surface area (Å²) in [5.74, 6) is 0. The topological polar surface area (TPSA) is 47.6 Å². The van der Waals surface area contributed by atoms with Crippen molar-refractivity contribution in [3.8, 4) is 0 Å². The lowest BCUT2D eigenvalue weighted by Crippen LogP contribution is -2.63. The Morgan fingerprint density at radius 1 is 1.14 bits per heavy atom. The minimum atomic E-state index is -0.109. The zero-order valence-electron chi connectivity index (χ0n) is 12.0. The maximum atomic E-state index is 11.9. The summed E-state index contributed by atoms with van der Waals surface area (Å²) in [7, 11) is 0. The molecular weight excluding hydrogens is 288 g/mol. The van der Waals surface area contributed by atoms with Gasteiger partial charge in [-0.2, -0.15) is 0 Å². The highest BCUT2D eigenvalue weighted by Gasteiger charge is 2.31. The molecule has 4 rings (SSSR count). The lowest BCUT2D eigenvalue weighted by molar-refractivity contribution is 0.0148. The Labute approximate surface area is 130 Å². The zero-order chi connectivity index (χ0) is 14.7. The van der Waals surface area contributed by atoms with Gasteiger partial charge < -0.3 is 10.6 Å². The molecule has 0 aliphatic carbocycles. The second-order valence-corrected chi connectivity index (χ2v) is 6.12. The fourth-order valence-corrected chi connectivity index (χ4v) is 3.10. The molecule has 2 N–H and O–H groups in total. The van der Waals surface area contributed by atoms with E-state index in [1.807, 2.05) is 24.3 Å².